The molecule has 2 N–H and O–H groups in total. The molecule has 1 aliphatic rings. The molecule has 0 spiro atoms. The maximum atomic E-state index is 14.1. The standard InChI is InChI=1S/C25H23F4N7OS/c1-38-17-5-2-15(3-6-17)11-31-24(37)21-13-35(9-8-30-21)23-18-12-36(34-22(18)32-14-33-23)16-4-7-19(20(26)10-16)25(27,28)29/h2-7,10,12,14,21,30H,8-9,11,13H2,1H3,(H,31,37). The zero-order valence-corrected chi connectivity index (χ0v) is 21.0. The summed E-state index contributed by atoms with van der Waals surface area (Å²) in [6.45, 7) is 1.83. The molecule has 0 aliphatic carbocycles. The van der Waals surface area contributed by atoms with Gasteiger partial charge in [-0.3, -0.25) is 4.79 Å². The van der Waals surface area contributed by atoms with Crippen LogP contribution in [0.4, 0.5) is 23.4 Å². The van der Waals surface area contributed by atoms with Gasteiger partial charge in [-0.1, -0.05) is 12.1 Å². The van der Waals surface area contributed by atoms with Gasteiger partial charge in [0, 0.05) is 43.3 Å². The van der Waals surface area contributed by atoms with Crippen LogP contribution in [0.1, 0.15) is 11.1 Å². The molecular weight excluding hydrogens is 522 g/mol. The van der Waals surface area contributed by atoms with Crippen molar-refractivity contribution in [3.63, 3.8) is 0 Å². The molecule has 13 heteroatoms. The van der Waals surface area contributed by atoms with Gasteiger partial charge in [0.25, 0.3) is 0 Å². The van der Waals surface area contributed by atoms with Crippen molar-refractivity contribution >= 4 is 34.5 Å². The number of thioether (sulfide) groups is 1. The summed E-state index contributed by atoms with van der Waals surface area (Å²) in [5, 5.41) is 11.0. The predicted molar refractivity (Wildman–Crippen MR) is 136 cm³/mol. The van der Waals surface area contributed by atoms with Crippen molar-refractivity contribution in [1.82, 2.24) is 30.4 Å². The van der Waals surface area contributed by atoms with Crippen LogP contribution in [0.15, 0.2) is 59.9 Å². The molecule has 198 valence electrons. The number of nitrogens with zero attached hydrogens (tertiary/aromatic N) is 5. The van der Waals surface area contributed by atoms with E-state index >= 15 is 0 Å². The fourth-order valence-corrected chi connectivity index (χ4v) is 4.67. The number of aromatic nitrogens is 4. The molecule has 1 unspecified atom stereocenters. The van der Waals surface area contributed by atoms with Gasteiger partial charge in [0.15, 0.2) is 5.65 Å². The summed E-state index contributed by atoms with van der Waals surface area (Å²) >= 11 is 1.65. The third kappa shape index (κ3) is 5.43. The molecule has 8 nitrogen and oxygen atoms in total. The first kappa shape index (κ1) is 25.9. The number of hydrogen-bond acceptors (Lipinski definition) is 7. The summed E-state index contributed by atoms with van der Waals surface area (Å²) < 4.78 is 54.2. The van der Waals surface area contributed by atoms with Gasteiger partial charge in [0.2, 0.25) is 5.91 Å². The molecule has 2 aromatic carbocycles. The molecule has 38 heavy (non-hydrogen) atoms. The van der Waals surface area contributed by atoms with E-state index in [9.17, 15) is 22.4 Å². The van der Waals surface area contributed by atoms with Crippen molar-refractivity contribution < 1.29 is 22.4 Å². The Labute approximate surface area is 219 Å². The van der Waals surface area contributed by atoms with Gasteiger partial charge in [-0.2, -0.15) is 13.2 Å². The number of halogens is 4. The smallest absolute Gasteiger partial charge is 0.353 e. The number of alkyl halides is 3. The summed E-state index contributed by atoms with van der Waals surface area (Å²) in [7, 11) is 0. The minimum atomic E-state index is -4.79. The van der Waals surface area contributed by atoms with E-state index in [4.69, 9.17) is 0 Å². The van der Waals surface area contributed by atoms with Crippen LogP contribution in [0, 0.1) is 5.82 Å². The van der Waals surface area contributed by atoms with E-state index in [1.807, 2.05) is 35.4 Å². The number of piperazine rings is 1. The Kier molecular flexibility index (Phi) is 7.21. The van der Waals surface area contributed by atoms with E-state index in [-0.39, 0.29) is 11.6 Å². The third-order valence-electron chi connectivity index (χ3n) is 6.24. The molecule has 1 aliphatic heterocycles. The zero-order valence-electron chi connectivity index (χ0n) is 20.2. The van der Waals surface area contributed by atoms with Gasteiger partial charge < -0.3 is 15.5 Å². The first-order chi connectivity index (χ1) is 18.2. The van der Waals surface area contributed by atoms with Crippen LogP contribution in [-0.2, 0) is 17.5 Å². The van der Waals surface area contributed by atoms with E-state index in [2.05, 4.69) is 25.7 Å². The van der Waals surface area contributed by atoms with Crippen molar-refractivity contribution in [3.05, 3.63) is 71.9 Å². The molecule has 2 aromatic heterocycles. The first-order valence-corrected chi connectivity index (χ1v) is 12.9. The van der Waals surface area contributed by atoms with Crippen LogP contribution in [0.2, 0.25) is 0 Å². The van der Waals surface area contributed by atoms with E-state index in [1.165, 1.54) is 11.0 Å². The van der Waals surface area contributed by atoms with Crippen molar-refractivity contribution in [2.75, 3.05) is 30.8 Å². The highest BCUT2D eigenvalue weighted by Gasteiger charge is 2.34. The summed E-state index contributed by atoms with van der Waals surface area (Å²) in [6.07, 6.45) is 0.0854. The minimum Gasteiger partial charge on any atom is -0.353 e. The molecule has 1 amide bonds. The van der Waals surface area contributed by atoms with Crippen LogP contribution >= 0.6 is 11.8 Å². The van der Waals surface area contributed by atoms with Gasteiger partial charge in [-0.05, 0) is 36.1 Å². The fourth-order valence-electron chi connectivity index (χ4n) is 4.26. The minimum absolute atomic E-state index is 0.113. The molecule has 1 fully saturated rings. The summed E-state index contributed by atoms with van der Waals surface area (Å²) in [4.78, 5) is 24.5. The maximum absolute atomic E-state index is 14.1. The number of anilines is 1. The first-order valence-electron chi connectivity index (χ1n) is 11.7. The highest BCUT2D eigenvalue weighted by molar-refractivity contribution is 7.98. The highest BCUT2D eigenvalue weighted by atomic mass is 32.2. The van der Waals surface area contributed by atoms with E-state index in [0.717, 1.165) is 22.6 Å². The Morgan fingerprint density at radius 1 is 1.18 bits per heavy atom. The second-order valence-corrected chi connectivity index (χ2v) is 9.57. The molecule has 1 atom stereocenters. The Bertz CT molecular complexity index is 1460. The van der Waals surface area contributed by atoms with E-state index in [0.29, 0.717) is 49.1 Å². The number of fused-ring (bicyclic) bond motifs is 1. The highest BCUT2D eigenvalue weighted by Crippen LogP contribution is 2.32. The lowest BCUT2D eigenvalue weighted by Gasteiger charge is -2.33. The second kappa shape index (κ2) is 10.6. The topological polar surface area (TPSA) is 88.0 Å². The van der Waals surface area contributed by atoms with Crippen LogP contribution in [-0.4, -0.2) is 57.6 Å². The SMILES string of the molecule is CSc1ccc(CNC(=O)C2CN(c3ncnc4nn(-c5ccc(C(F)(F)F)c(F)c5)cc34)CCN2)cc1. The normalized spacial score (nSPS) is 16.1. The second-order valence-electron chi connectivity index (χ2n) is 8.69. The van der Waals surface area contributed by atoms with E-state index in [1.54, 1.807) is 18.0 Å². The van der Waals surface area contributed by atoms with Gasteiger partial charge in [-0.25, -0.2) is 19.0 Å². The quantitative estimate of drug-likeness (QED) is 0.282. The number of nitrogens with one attached hydrogen (secondary N) is 2. The average Bonchev–Trinajstić information content (AvgIpc) is 3.36. The fraction of sp³-hybridized carbons (Fsp3) is 0.280. The Morgan fingerprint density at radius 2 is 1.97 bits per heavy atom. The number of carbonyl (C=O) groups is 1. The molecule has 0 bridgehead atoms. The molecule has 0 radical (unpaired) electrons. The number of hydrogen-bond donors (Lipinski definition) is 2. The lowest BCUT2D eigenvalue weighted by atomic mass is 10.1. The lowest BCUT2D eigenvalue weighted by Crippen LogP contribution is -2.57. The summed E-state index contributed by atoms with van der Waals surface area (Å²) in [5.41, 5.74) is 0.0557. The predicted octanol–water partition coefficient (Wildman–Crippen LogP) is 3.79. The zero-order chi connectivity index (χ0) is 26.9. The van der Waals surface area contributed by atoms with Crippen LogP contribution in [0.5, 0.6) is 0 Å². The molecule has 4 aromatic rings. The van der Waals surface area contributed by atoms with Crippen molar-refractivity contribution in [1.29, 1.82) is 0 Å². The van der Waals surface area contributed by atoms with Gasteiger partial charge in [0.1, 0.15) is 24.0 Å². The van der Waals surface area contributed by atoms with E-state index < -0.39 is 23.6 Å². The molecular formula is C25H23F4N7OS. The number of benzene rings is 2. The summed E-state index contributed by atoms with van der Waals surface area (Å²) in [5.74, 6) is -1.01. The van der Waals surface area contributed by atoms with Gasteiger partial charge in [-0.15, -0.1) is 16.9 Å². The van der Waals surface area contributed by atoms with Crippen molar-refractivity contribution in [2.24, 2.45) is 0 Å². The van der Waals surface area contributed by atoms with Crippen LogP contribution in [0.25, 0.3) is 16.7 Å². The largest absolute Gasteiger partial charge is 0.419 e. The van der Waals surface area contributed by atoms with Crippen molar-refractivity contribution in [2.45, 2.75) is 23.7 Å². The Morgan fingerprint density at radius 3 is 2.68 bits per heavy atom. The average molecular weight is 546 g/mol. The van der Waals surface area contributed by atoms with Gasteiger partial charge in [0.05, 0.1) is 16.6 Å². The van der Waals surface area contributed by atoms with Crippen molar-refractivity contribution in [3.8, 4) is 5.69 Å². The Hall–Kier alpha value is -3.71. The monoisotopic (exact) mass is 545 g/mol. The number of carbonyl (C=O) groups excluding carboxylic acids is 1. The third-order valence-corrected chi connectivity index (χ3v) is 6.98. The van der Waals surface area contributed by atoms with Crippen LogP contribution in [0.3, 0.4) is 0 Å². The summed E-state index contributed by atoms with van der Waals surface area (Å²) in [6, 6.07) is 10.1. The number of rotatable bonds is 6. The lowest BCUT2D eigenvalue weighted by molar-refractivity contribution is -0.140. The maximum Gasteiger partial charge on any atom is 0.419 e. The number of amides is 1. The van der Waals surface area contributed by atoms with Gasteiger partial charge >= 0.3 is 6.18 Å². The molecule has 3 heterocycles. The van der Waals surface area contributed by atoms with Crippen LogP contribution < -0.4 is 15.5 Å². The molecule has 1 saturated heterocycles. The molecule has 5 rings (SSSR count). The Balaban J connectivity index is 1.32. The molecule has 0 saturated carbocycles.